The molecule has 1 fully saturated rings. The summed E-state index contributed by atoms with van der Waals surface area (Å²) in [4.78, 5) is 39.3. The van der Waals surface area contributed by atoms with E-state index < -0.39 is 58.7 Å². The summed E-state index contributed by atoms with van der Waals surface area (Å²) in [5.41, 5.74) is -3.57. The molecule has 0 spiro atoms. The number of fused-ring (bicyclic) bond motifs is 1. The van der Waals surface area contributed by atoms with Gasteiger partial charge in [0.25, 0.3) is 11.8 Å². The van der Waals surface area contributed by atoms with Crippen LogP contribution in [0.5, 0.6) is 11.5 Å². The molecule has 47 heavy (non-hydrogen) atoms. The number of hydrogen-bond acceptors (Lipinski definition) is 7. The fourth-order valence-electron chi connectivity index (χ4n) is 4.93. The van der Waals surface area contributed by atoms with Crippen LogP contribution >= 0.6 is 11.3 Å². The number of anilines is 2. The number of piperidine rings is 1. The van der Waals surface area contributed by atoms with E-state index in [0.717, 1.165) is 37.2 Å². The second-order valence-corrected chi connectivity index (χ2v) is 11.5. The zero-order chi connectivity index (χ0) is 34.1. The molecule has 3 N–H and O–H groups in total. The third-order valence-corrected chi connectivity index (χ3v) is 8.41. The molecule has 16 heteroatoms. The Kier molecular flexibility index (Phi) is 9.45. The molecule has 1 unspecified atom stereocenters. The number of amides is 2. The Hall–Kier alpha value is -4.70. The van der Waals surface area contributed by atoms with Gasteiger partial charge in [-0.2, -0.15) is 26.3 Å². The summed E-state index contributed by atoms with van der Waals surface area (Å²) in [5.74, 6) is -4.48. The van der Waals surface area contributed by atoms with Crippen molar-refractivity contribution >= 4 is 50.6 Å². The zero-order valence-electron chi connectivity index (χ0n) is 24.2. The number of ether oxygens (including phenoxy) is 2. The van der Waals surface area contributed by atoms with Gasteiger partial charge in [-0.1, -0.05) is 6.07 Å². The van der Waals surface area contributed by atoms with Crippen molar-refractivity contribution in [3.63, 3.8) is 0 Å². The van der Waals surface area contributed by atoms with Gasteiger partial charge >= 0.3 is 18.3 Å². The van der Waals surface area contributed by atoms with Gasteiger partial charge in [0.05, 0.1) is 35.4 Å². The lowest BCUT2D eigenvalue weighted by Crippen LogP contribution is -2.36. The van der Waals surface area contributed by atoms with Crippen LogP contribution in [0.25, 0.3) is 10.1 Å². The minimum absolute atomic E-state index is 0.00580. The summed E-state index contributed by atoms with van der Waals surface area (Å²) >= 11 is 0.539. The molecule has 8 nitrogen and oxygen atoms in total. The van der Waals surface area contributed by atoms with Gasteiger partial charge in [0.15, 0.2) is 0 Å². The highest BCUT2D eigenvalue weighted by atomic mass is 32.1. The maximum atomic E-state index is 13.8. The number of carbonyl (C=O) groups is 3. The fourth-order valence-corrected chi connectivity index (χ4v) is 6.02. The molecule has 2 amide bonds. The SMILES string of the molecule is COc1ccc(OC(=O)C2CCCNC2)cc1C(=O)Nc1c(C(=O)Nc2ccc(F)c(C(F)(F)F)c2)sc2cc(C(F)(F)F)ccc12. The van der Waals surface area contributed by atoms with E-state index in [1.54, 1.807) is 0 Å². The molecular formula is C31H24F7N3O5S. The molecule has 4 aromatic rings. The lowest BCUT2D eigenvalue weighted by atomic mass is 10.00. The molecule has 1 aromatic heterocycles. The number of halogens is 7. The highest BCUT2D eigenvalue weighted by Gasteiger charge is 2.35. The molecule has 1 aliphatic rings. The molecule has 5 rings (SSSR count). The standard InChI is InChI=1S/C31H24F7N3O5S/c1-45-23-9-6-18(46-29(44)15-3-2-10-39-14-15)13-20(23)27(42)41-25-19-7-4-16(30(33,34)35)11-24(19)47-26(25)28(43)40-17-5-8-22(32)21(12-17)31(36,37)38/h4-9,11-13,15,39H,2-3,10,14H2,1H3,(H,40,43)(H,41,42). The normalized spacial score (nSPS) is 15.3. The number of methoxy groups -OCH3 is 1. The summed E-state index contributed by atoms with van der Waals surface area (Å²) in [6, 6.07) is 8.24. The van der Waals surface area contributed by atoms with Crippen LogP contribution in [0.15, 0.2) is 54.6 Å². The van der Waals surface area contributed by atoms with Crippen molar-refractivity contribution in [1.82, 2.24) is 5.32 Å². The van der Waals surface area contributed by atoms with E-state index in [1.165, 1.54) is 25.3 Å². The molecule has 1 aliphatic heterocycles. The van der Waals surface area contributed by atoms with Crippen LogP contribution in [0.2, 0.25) is 0 Å². The summed E-state index contributed by atoms with van der Waals surface area (Å²) in [6.07, 6.45) is -8.44. The predicted octanol–water partition coefficient (Wildman–Crippen LogP) is 7.50. The number of thiophene rings is 1. The van der Waals surface area contributed by atoms with Crippen molar-refractivity contribution in [2.75, 3.05) is 30.8 Å². The van der Waals surface area contributed by atoms with Crippen LogP contribution in [-0.4, -0.2) is 38.0 Å². The second-order valence-electron chi connectivity index (χ2n) is 10.4. The average molecular weight is 684 g/mol. The van der Waals surface area contributed by atoms with E-state index in [-0.39, 0.29) is 37.7 Å². The molecule has 1 atom stereocenters. The first-order valence-electron chi connectivity index (χ1n) is 13.9. The Morgan fingerprint density at radius 2 is 1.68 bits per heavy atom. The minimum atomic E-state index is -5.08. The highest BCUT2D eigenvalue weighted by Crippen LogP contribution is 2.41. The Bertz CT molecular complexity index is 1850. The lowest BCUT2D eigenvalue weighted by molar-refractivity contribution is -0.140. The Labute approximate surface area is 265 Å². The van der Waals surface area contributed by atoms with Gasteiger partial charge in [-0.15, -0.1) is 11.3 Å². The molecule has 0 saturated carbocycles. The molecule has 3 aromatic carbocycles. The van der Waals surface area contributed by atoms with Crippen molar-refractivity contribution in [3.05, 3.63) is 82.0 Å². The number of hydrogen-bond donors (Lipinski definition) is 3. The van der Waals surface area contributed by atoms with E-state index in [2.05, 4.69) is 16.0 Å². The first-order chi connectivity index (χ1) is 22.2. The maximum Gasteiger partial charge on any atom is 0.419 e. The van der Waals surface area contributed by atoms with E-state index in [4.69, 9.17) is 9.47 Å². The number of esters is 1. The van der Waals surface area contributed by atoms with Gasteiger partial charge in [0, 0.05) is 22.3 Å². The van der Waals surface area contributed by atoms with Gasteiger partial charge in [0.1, 0.15) is 22.2 Å². The zero-order valence-corrected chi connectivity index (χ0v) is 25.0. The molecule has 248 valence electrons. The quantitative estimate of drug-likeness (QED) is 0.106. The van der Waals surface area contributed by atoms with E-state index in [1.807, 2.05) is 0 Å². The third kappa shape index (κ3) is 7.49. The Morgan fingerprint density at radius 1 is 0.915 bits per heavy atom. The van der Waals surface area contributed by atoms with Crippen molar-refractivity contribution in [3.8, 4) is 11.5 Å². The van der Waals surface area contributed by atoms with Crippen LogP contribution in [0.1, 0.15) is 44.0 Å². The Morgan fingerprint density at radius 3 is 2.34 bits per heavy atom. The Balaban J connectivity index is 1.50. The molecular weight excluding hydrogens is 659 g/mol. The van der Waals surface area contributed by atoms with Crippen LogP contribution in [0.3, 0.4) is 0 Å². The number of alkyl halides is 6. The third-order valence-electron chi connectivity index (χ3n) is 7.26. The van der Waals surface area contributed by atoms with E-state index >= 15 is 0 Å². The highest BCUT2D eigenvalue weighted by molar-refractivity contribution is 7.21. The van der Waals surface area contributed by atoms with Crippen molar-refractivity contribution in [2.45, 2.75) is 25.2 Å². The first kappa shape index (κ1) is 33.7. The summed E-state index contributed by atoms with van der Waals surface area (Å²) in [6.45, 7) is 1.19. The van der Waals surface area contributed by atoms with Crippen molar-refractivity contribution < 1.29 is 54.6 Å². The molecule has 0 bridgehead atoms. The number of nitrogens with one attached hydrogen (secondary N) is 3. The van der Waals surface area contributed by atoms with Crippen LogP contribution in [0, 0.1) is 11.7 Å². The van der Waals surface area contributed by atoms with Gasteiger partial charge in [-0.05, 0) is 67.9 Å². The topological polar surface area (TPSA) is 106 Å². The predicted molar refractivity (Wildman–Crippen MR) is 158 cm³/mol. The average Bonchev–Trinajstić information content (AvgIpc) is 3.39. The number of benzene rings is 3. The minimum Gasteiger partial charge on any atom is -0.496 e. The molecule has 1 saturated heterocycles. The molecule has 2 heterocycles. The number of carbonyl (C=O) groups excluding carboxylic acids is 3. The van der Waals surface area contributed by atoms with Crippen molar-refractivity contribution in [1.29, 1.82) is 0 Å². The summed E-state index contributed by atoms with van der Waals surface area (Å²) < 4.78 is 105. The van der Waals surface area contributed by atoms with Gasteiger partial charge < -0.3 is 25.4 Å². The van der Waals surface area contributed by atoms with E-state index in [0.29, 0.717) is 36.4 Å². The monoisotopic (exact) mass is 683 g/mol. The molecule has 0 radical (unpaired) electrons. The maximum absolute atomic E-state index is 13.8. The largest absolute Gasteiger partial charge is 0.496 e. The van der Waals surface area contributed by atoms with Crippen LogP contribution in [0.4, 0.5) is 42.1 Å². The summed E-state index contributed by atoms with van der Waals surface area (Å²) in [5, 5.41) is 7.80. The second kappa shape index (κ2) is 13.2. The first-order valence-corrected chi connectivity index (χ1v) is 14.7. The van der Waals surface area contributed by atoms with Gasteiger partial charge in [-0.3, -0.25) is 14.4 Å². The van der Waals surface area contributed by atoms with Gasteiger partial charge in [0.2, 0.25) is 0 Å². The molecule has 0 aliphatic carbocycles. The fraction of sp³-hybridized carbons (Fsp3) is 0.258. The van der Waals surface area contributed by atoms with Gasteiger partial charge in [-0.25, -0.2) is 4.39 Å². The van der Waals surface area contributed by atoms with Crippen LogP contribution < -0.4 is 25.4 Å². The van der Waals surface area contributed by atoms with Crippen LogP contribution in [-0.2, 0) is 17.1 Å². The lowest BCUT2D eigenvalue weighted by Gasteiger charge is -2.21. The number of rotatable bonds is 7. The van der Waals surface area contributed by atoms with E-state index in [9.17, 15) is 45.1 Å². The van der Waals surface area contributed by atoms with Crippen molar-refractivity contribution in [2.24, 2.45) is 5.92 Å². The smallest absolute Gasteiger partial charge is 0.419 e. The summed E-state index contributed by atoms with van der Waals surface area (Å²) in [7, 11) is 1.26.